The maximum Gasteiger partial charge on any atom is 0.410 e. The van der Waals surface area contributed by atoms with E-state index in [9.17, 15) is 9.59 Å². The van der Waals surface area contributed by atoms with Crippen LogP contribution in [0, 0.1) is 0 Å². The van der Waals surface area contributed by atoms with Crippen molar-refractivity contribution in [3.8, 4) is 0 Å². The van der Waals surface area contributed by atoms with Gasteiger partial charge in [0.1, 0.15) is 11.2 Å². The van der Waals surface area contributed by atoms with Crippen molar-refractivity contribution in [1.29, 1.82) is 0 Å². The lowest BCUT2D eigenvalue weighted by Gasteiger charge is -2.48. The average molecular weight is 373 g/mol. The van der Waals surface area contributed by atoms with Crippen molar-refractivity contribution in [3.05, 3.63) is 0 Å². The highest BCUT2D eigenvalue weighted by Gasteiger charge is 2.42. The van der Waals surface area contributed by atoms with Crippen molar-refractivity contribution < 1.29 is 19.1 Å². The van der Waals surface area contributed by atoms with Gasteiger partial charge in [0.15, 0.2) is 0 Å². The van der Waals surface area contributed by atoms with Crippen LogP contribution in [0.4, 0.5) is 9.59 Å². The summed E-state index contributed by atoms with van der Waals surface area (Å²) in [5.74, 6) is 0. The van der Waals surface area contributed by atoms with Crippen molar-refractivity contribution in [2.75, 3.05) is 13.1 Å². The van der Waals surface area contributed by atoms with Crippen LogP contribution < -0.4 is 0 Å². The molecule has 3 fully saturated rings. The summed E-state index contributed by atoms with van der Waals surface area (Å²) >= 11 is 0. The fourth-order valence-electron chi connectivity index (χ4n) is 3.29. The van der Waals surface area contributed by atoms with Crippen LogP contribution in [0.15, 0.2) is 0 Å². The highest BCUT2D eigenvalue weighted by molar-refractivity contribution is 5.71. The second-order valence-corrected chi connectivity index (χ2v) is 8.86. The third kappa shape index (κ3) is 6.69. The predicted molar refractivity (Wildman–Crippen MR) is 105 cm³/mol. The minimum atomic E-state index is -0.510. The maximum atomic E-state index is 12.5. The summed E-state index contributed by atoms with van der Waals surface area (Å²) in [6.45, 7) is 12.3. The second kappa shape index (κ2) is 8.96. The summed E-state index contributed by atoms with van der Waals surface area (Å²) in [6.07, 6.45) is 3.38. The van der Waals surface area contributed by atoms with Crippen LogP contribution in [0.25, 0.3) is 0 Å². The second-order valence-electron chi connectivity index (χ2n) is 8.86. The lowest BCUT2D eigenvalue weighted by Crippen LogP contribution is -2.62. The van der Waals surface area contributed by atoms with E-state index in [2.05, 4.69) is 0 Å². The normalized spacial score (nSPS) is 23.2. The van der Waals surface area contributed by atoms with Crippen LogP contribution in [0.5, 0.6) is 0 Å². The first-order chi connectivity index (χ1) is 11.0. The number of amides is 2. The largest absolute Gasteiger partial charge is 0.444 e. The van der Waals surface area contributed by atoms with E-state index in [0.29, 0.717) is 13.1 Å². The minimum Gasteiger partial charge on any atom is -0.444 e. The van der Waals surface area contributed by atoms with Gasteiger partial charge < -0.3 is 19.3 Å². The molecule has 2 amide bonds. The van der Waals surface area contributed by atoms with Crippen LogP contribution in [0.3, 0.4) is 0 Å². The van der Waals surface area contributed by atoms with Crippen LogP contribution in [-0.4, -0.2) is 58.4 Å². The number of nitrogens with zero attached hydrogens (tertiary/aromatic N) is 2. The van der Waals surface area contributed by atoms with Gasteiger partial charge in [-0.2, -0.15) is 0 Å². The summed E-state index contributed by atoms with van der Waals surface area (Å²) in [5.41, 5.74) is -1.02. The summed E-state index contributed by atoms with van der Waals surface area (Å²) < 4.78 is 11.1. The Morgan fingerprint density at radius 2 is 1.04 bits per heavy atom. The number of hydrogen-bond acceptors (Lipinski definition) is 4. The number of hydrogen-bond donors (Lipinski definition) is 0. The molecule has 0 aromatic heterocycles. The van der Waals surface area contributed by atoms with Crippen LogP contribution in [-0.2, 0) is 9.47 Å². The Kier molecular flexibility index (Phi) is 8.45. The van der Waals surface area contributed by atoms with Crippen molar-refractivity contribution in [2.24, 2.45) is 0 Å². The molecule has 0 aromatic rings. The lowest BCUT2D eigenvalue weighted by atomic mass is 9.94. The number of rotatable bonds is 0. The Hall–Kier alpha value is -1.46. The highest BCUT2D eigenvalue weighted by Crippen LogP contribution is 2.29. The minimum absolute atomic E-state index is 0. The standard InChI is InChI=1S/C18H32N2O4.2CH4/c1-17(2,3)23-15(21)19-11-14-10-8-7-9-13(19)12-20(14)16(22)24-18(4,5)6;;/h13-14H,7-12H2,1-6H3;2*1H4/t13-,14-;;/m1../s1. The molecule has 2 atom stereocenters. The Balaban J connectivity index is 0.00000312. The van der Waals surface area contributed by atoms with E-state index in [1.54, 1.807) is 0 Å². The molecule has 0 radical (unpaired) electrons. The quantitative estimate of drug-likeness (QED) is 0.596. The molecule has 0 aliphatic carbocycles. The Bertz CT molecular complexity index is 435. The van der Waals surface area contributed by atoms with E-state index in [-0.39, 0.29) is 39.1 Å². The number of carbonyl (C=O) groups excluding carboxylic acids is 2. The Morgan fingerprint density at radius 1 is 0.731 bits per heavy atom. The van der Waals surface area contributed by atoms with Crippen molar-refractivity contribution in [3.63, 3.8) is 0 Å². The Labute approximate surface area is 160 Å². The molecule has 0 saturated carbocycles. The van der Waals surface area contributed by atoms with Crippen LogP contribution in [0.2, 0.25) is 0 Å². The van der Waals surface area contributed by atoms with Gasteiger partial charge >= 0.3 is 12.2 Å². The van der Waals surface area contributed by atoms with Gasteiger partial charge in [0.2, 0.25) is 0 Å². The molecule has 3 aliphatic rings. The molecule has 0 unspecified atom stereocenters. The molecule has 2 bridgehead atoms. The van der Waals surface area contributed by atoms with E-state index in [1.165, 1.54) is 0 Å². The predicted octanol–water partition coefficient (Wildman–Crippen LogP) is 5.06. The summed E-state index contributed by atoms with van der Waals surface area (Å²) in [4.78, 5) is 28.7. The van der Waals surface area contributed by atoms with Gasteiger partial charge in [-0.3, -0.25) is 0 Å². The summed E-state index contributed by atoms with van der Waals surface area (Å²) in [6, 6.07) is 0.00726. The molecule has 6 nitrogen and oxygen atoms in total. The van der Waals surface area contributed by atoms with Gasteiger partial charge in [0.05, 0.1) is 12.1 Å². The first-order valence-electron chi connectivity index (χ1n) is 8.95. The SMILES string of the molecule is C.C.CC(C)(C)OC(=O)N1C[C@H]2CCCC[C@@H]1CN2C(=O)OC(C)(C)C. The first kappa shape index (κ1) is 24.5. The van der Waals surface area contributed by atoms with Gasteiger partial charge in [0.25, 0.3) is 0 Å². The third-order valence-corrected chi connectivity index (χ3v) is 4.28. The number of fused-ring (bicyclic) bond motifs is 5. The molecular formula is C20H40N2O4. The maximum absolute atomic E-state index is 12.5. The molecule has 0 N–H and O–H groups in total. The molecule has 0 spiro atoms. The number of ether oxygens (including phenoxy) is 2. The van der Waals surface area contributed by atoms with E-state index in [4.69, 9.17) is 9.47 Å². The topological polar surface area (TPSA) is 59.1 Å². The van der Waals surface area contributed by atoms with Gasteiger partial charge in [-0.25, -0.2) is 9.59 Å². The van der Waals surface area contributed by atoms with E-state index < -0.39 is 11.2 Å². The Morgan fingerprint density at radius 3 is 1.31 bits per heavy atom. The fourth-order valence-corrected chi connectivity index (χ4v) is 3.29. The molecule has 3 aliphatic heterocycles. The van der Waals surface area contributed by atoms with Gasteiger partial charge in [-0.05, 0) is 54.4 Å². The zero-order valence-electron chi connectivity index (χ0n) is 15.9. The molecule has 0 aromatic carbocycles. The number of piperazine rings is 1. The summed E-state index contributed by atoms with van der Waals surface area (Å²) in [5, 5.41) is 0. The lowest BCUT2D eigenvalue weighted by molar-refractivity contribution is -0.0375. The van der Waals surface area contributed by atoms with Crippen molar-refractivity contribution in [2.45, 2.75) is 105 Å². The third-order valence-electron chi connectivity index (χ3n) is 4.28. The van der Waals surface area contributed by atoms with Gasteiger partial charge in [-0.1, -0.05) is 27.7 Å². The molecule has 6 heteroatoms. The molecule has 3 heterocycles. The van der Waals surface area contributed by atoms with Gasteiger partial charge in [0, 0.05) is 13.1 Å². The monoisotopic (exact) mass is 372 g/mol. The molecule has 3 rings (SSSR count). The van der Waals surface area contributed by atoms with E-state index in [1.807, 2.05) is 51.3 Å². The number of carbonyl (C=O) groups is 2. The first-order valence-corrected chi connectivity index (χ1v) is 8.95. The fraction of sp³-hybridized carbons (Fsp3) is 0.900. The van der Waals surface area contributed by atoms with E-state index in [0.717, 1.165) is 25.7 Å². The van der Waals surface area contributed by atoms with Crippen LogP contribution in [0.1, 0.15) is 82.1 Å². The highest BCUT2D eigenvalue weighted by atomic mass is 16.6. The van der Waals surface area contributed by atoms with Crippen LogP contribution >= 0.6 is 0 Å². The van der Waals surface area contributed by atoms with Crippen molar-refractivity contribution in [1.82, 2.24) is 9.80 Å². The van der Waals surface area contributed by atoms with Gasteiger partial charge in [-0.15, -0.1) is 0 Å². The van der Waals surface area contributed by atoms with Crippen molar-refractivity contribution >= 4 is 12.2 Å². The summed E-state index contributed by atoms with van der Waals surface area (Å²) in [7, 11) is 0. The smallest absolute Gasteiger partial charge is 0.410 e. The van der Waals surface area contributed by atoms with E-state index >= 15 is 0 Å². The molecule has 154 valence electrons. The molecule has 26 heavy (non-hydrogen) atoms. The average Bonchev–Trinajstić information content (AvgIpc) is 2.33. The zero-order valence-corrected chi connectivity index (χ0v) is 15.9. The molecular weight excluding hydrogens is 332 g/mol. The molecule has 3 saturated heterocycles. The zero-order chi connectivity index (χ0) is 18.1.